The Morgan fingerprint density at radius 3 is 2.77 bits per heavy atom. The van der Waals surface area contributed by atoms with E-state index >= 15 is 0 Å². The third-order valence-electron chi connectivity index (χ3n) is 3.25. The van der Waals surface area contributed by atoms with Gasteiger partial charge in [-0.25, -0.2) is 4.98 Å². The highest BCUT2D eigenvalue weighted by Gasteiger charge is 2.08. The van der Waals surface area contributed by atoms with Crippen LogP contribution in [0.5, 0.6) is 0 Å². The lowest BCUT2D eigenvalue weighted by Gasteiger charge is -2.05. The maximum Gasteiger partial charge on any atom is 0.107 e. The van der Waals surface area contributed by atoms with Crippen LogP contribution in [0.4, 0.5) is 0 Å². The third-order valence-corrected chi connectivity index (χ3v) is 6.03. The van der Waals surface area contributed by atoms with Crippen LogP contribution >= 0.6 is 45.9 Å². The number of rotatable bonds is 5. The average molecular weight is 369 g/mol. The molecule has 3 rings (SSSR count). The van der Waals surface area contributed by atoms with Crippen LogP contribution in [-0.4, -0.2) is 4.98 Å². The first-order valence-electron chi connectivity index (χ1n) is 6.77. The fraction of sp³-hybridized carbons (Fsp3) is 0.188. The molecule has 2 heterocycles. The van der Waals surface area contributed by atoms with Gasteiger partial charge in [0.2, 0.25) is 0 Å². The first-order chi connectivity index (χ1) is 10.6. The van der Waals surface area contributed by atoms with Gasteiger partial charge in [0.15, 0.2) is 0 Å². The molecule has 22 heavy (non-hydrogen) atoms. The van der Waals surface area contributed by atoms with Crippen molar-refractivity contribution < 1.29 is 0 Å². The van der Waals surface area contributed by atoms with Gasteiger partial charge in [-0.3, -0.25) is 0 Å². The number of halogens is 2. The Morgan fingerprint density at radius 2 is 2.05 bits per heavy atom. The van der Waals surface area contributed by atoms with Crippen molar-refractivity contribution in [3.8, 4) is 9.75 Å². The van der Waals surface area contributed by atoms with E-state index in [4.69, 9.17) is 23.2 Å². The van der Waals surface area contributed by atoms with Crippen molar-refractivity contribution in [2.24, 2.45) is 0 Å². The molecule has 0 bridgehead atoms. The lowest BCUT2D eigenvalue weighted by atomic mass is 10.2. The molecule has 0 saturated carbocycles. The summed E-state index contributed by atoms with van der Waals surface area (Å²) < 4.78 is 0. The maximum atomic E-state index is 6.16. The molecule has 6 heteroatoms. The van der Waals surface area contributed by atoms with E-state index in [0.717, 1.165) is 17.1 Å². The number of thiazole rings is 1. The summed E-state index contributed by atoms with van der Waals surface area (Å²) in [6, 6.07) is 7.70. The molecule has 0 aliphatic carbocycles. The summed E-state index contributed by atoms with van der Waals surface area (Å²) in [6.45, 7) is 3.56. The van der Waals surface area contributed by atoms with Gasteiger partial charge >= 0.3 is 0 Å². The standard InChI is InChI=1S/C16H14Cl2N2S2/c1-10-4-5-21-16(10)14-8-20-15(22-14)9-19-7-11-2-3-12(17)6-13(11)18/h2-6,8,19H,7,9H2,1H3. The highest BCUT2D eigenvalue weighted by Crippen LogP contribution is 2.33. The van der Waals surface area contributed by atoms with Crippen LogP contribution < -0.4 is 5.32 Å². The van der Waals surface area contributed by atoms with E-state index in [1.54, 1.807) is 28.7 Å². The topological polar surface area (TPSA) is 24.9 Å². The summed E-state index contributed by atoms with van der Waals surface area (Å²) in [6.07, 6.45) is 1.95. The quantitative estimate of drug-likeness (QED) is 0.617. The number of nitrogens with zero attached hydrogens (tertiary/aromatic N) is 1. The Balaban J connectivity index is 1.61. The van der Waals surface area contributed by atoms with Crippen LogP contribution in [0.25, 0.3) is 9.75 Å². The molecule has 0 spiro atoms. The predicted octanol–water partition coefficient (Wildman–Crippen LogP) is 5.78. The Labute approximate surface area is 147 Å². The third kappa shape index (κ3) is 3.70. The molecule has 114 valence electrons. The Hall–Kier alpha value is -0.910. The van der Waals surface area contributed by atoms with E-state index in [1.807, 2.05) is 18.3 Å². The normalized spacial score (nSPS) is 11.0. The minimum atomic E-state index is 0.657. The molecule has 1 aromatic carbocycles. The molecule has 2 nitrogen and oxygen atoms in total. The van der Waals surface area contributed by atoms with Crippen molar-refractivity contribution in [1.29, 1.82) is 0 Å². The number of thiophene rings is 1. The summed E-state index contributed by atoms with van der Waals surface area (Å²) >= 11 is 15.6. The average Bonchev–Trinajstić information content (AvgIpc) is 3.10. The van der Waals surface area contributed by atoms with Crippen LogP contribution in [0.1, 0.15) is 16.1 Å². The highest BCUT2D eigenvalue weighted by atomic mass is 35.5. The van der Waals surface area contributed by atoms with Crippen LogP contribution in [-0.2, 0) is 13.1 Å². The van der Waals surface area contributed by atoms with E-state index in [-0.39, 0.29) is 0 Å². The molecule has 0 radical (unpaired) electrons. The molecule has 0 unspecified atom stereocenters. The van der Waals surface area contributed by atoms with Gasteiger partial charge in [0, 0.05) is 34.2 Å². The maximum absolute atomic E-state index is 6.16. The molecule has 3 aromatic rings. The summed E-state index contributed by atoms with van der Waals surface area (Å²) in [5.74, 6) is 0. The monoisotopic (exact) mass is 368 g/mol. The second-order valence-electron chi connectivity index (χ2n) is 4.89. The smallest absolute Gasteiger partial charge is 0.107 e. The van der Waals surface area contributed by atoms with Gasteiger partial charge in [0.1, 0.15) is 5.01 Å². The van der Waals surface area contributed by atoms with Gasteiger partial charge in [-0.15, -0.1) is 22.7 Å². The summed E-state index contributed by atoms with van der Waals surface area (Å²) in [7, 11) is 0. The highest BCUT2D eigenvalue weighted by molar-refractivity contribution is 7.21. The Bertz CT molecular complexity index is 780. The minimum Gasteiger partial charge on any atom is -0.306 e. The molecule has 0 aliphatic rings. The molecule has 0 amide bonds. The van der Waals surface area contributed by atoms with Gasteiger partial charge in [-0.1, -0.05) is 29.3 Å². The van der Waals surface area contributed by atoms with Gasteiger partial charge in [0.05, 0.1) is 4.88 Å². The van der Waals surface area contributed by atoms with Crippen molar-refractivity contribution in [3.63, 3.8) is 0 Å². The molecule has 0 aliphatic heterocycles. The molecule has 0 saturated heterocycles. The van der Waals surface area contributed by atoms with Gasteiger partial charge in [-0.05, 0) is 41.6 Å². The number of aromatic nitrogens is 1. The zero-order chi connectivity index (χ0) is 15.5. The number of aryl methyl sites for hydroxylation is 1. The summed E-state index contributed by atoms with van der Waals surface area (Å²) in [5, 5.41) is 7.91. The lowest BCUT2D eigenvalue weighted by Crippen LogP contribution is -2.12. The lowest BCUT2D eigenvalue weighted by molar-refractivity contribution is 0.690. The van der Waals surface area contributed by atoms with E-state index in [9.17, 15) is 0 Å². The number of hydrogen-bond donors (Lipinski definition) is 1. The summed E-state index contributed by atoms with van der Waals surface area (Å²) in [4.78, 5) is 7.03. The predicted molar refractivity (Wildman–Crippen MR) is 97.2 cm³/mol. The van der Waals surface area contributed by atoms with E-state index < -0.39 is 0 Å². The number of hydrogen-bond acceptors (Lipinski definition) is 4. The van der Waals surface area contributed by atoms with Crippen LogP contribution in [0.3, 0.4) is 0 Å². The molecule has 0 atom stereocenters. The van der Waals surface area contributed by atoms with Crippen LogP contribution in [0.15, 0.2) is 35.8 Å². The van der Waals surface area contributed by atoms with Crippen molar-refractivity contribution in [3.05, 3.63) is 62.0 Å². The fourth-order valence-electron chi connectivity index (χ4n) is 2.09. The molecular formula is C16H14Cl2N2S2. The molecular weight excluding hydrogens is 355 g/mol. The van der Waals surface area contributed by atoms with Crippen LogP contribution in [0, 0.1) is 6.92 Å². The van der Waals surface area contributed by atoms with Crippen LogP contribution in [0.2, 0.25) is 10.0 Å². The second-order valence-corrected chi connectivity index (χ2v) is 7.77. The van der Waals surface area contributed by atoms with Crippen molar-refractivity contribution in [2.75, 3.05) is 0 Å². The van der Waals surface area contributed by atoms with Gasteiger partial charge in [-0.2, -0.15) is 0 Å². The van der Waals surface area contributed by atoms with E-state index in [0.29, 0.717) is 16.6 Å². The Morgan fingerprint density at radius 1 is 1.18 bits per heavy atom. The van der Waals surface area contributed by atoms with E-state index in [1.165, 1.54) is 15.3 Å². The molecule has 2 aromatic heterocycles. The van der Waals surface area contributed by atoms with Crippen molar-refractivity contribution in [1.82, 2.24) is 10.3 Å². The second kappa shape index (κ2) is 7.11. The zero-order valence-corrected chi connectivity index (χ0v) is 15.0. The summed E-state index contributed by atoms with van der Waals surface area (Å²) in [5.41, 5.74) is 2.35. The zero-order valence-electron chi connectivity index (χ0n) is 11.9. The fourth-order valence-corrected chi connectivity index (χ4v) is 4.56. The number of nitrogens with one attached hydrogen (secondary N) is 1. The van der Waals surface area contributed by atoms with Crippen molar-refractivity contribution in [2.45, 2.75) is 20.0 Å². The largest absolute Gasteiger partial charge is 0.306 e. The van der Waals surface area contributed by atoms with Gasteiger partial charge < -0.3 is 5.32 Å². The first kappa shape index (κ1) is 16.0. The van der Waals surface area contributed by atoms with E-state index in [2.05, 4.69) is 28.7 Å². The molecule has 1 N–H and O–H groups in total. The first-order valence-corrected chi connectivity index (χ1v) is 9.22. The Kier molecular flexibility index (Phi) is 5.16. The minimum absolute atomic E-state index is 0.657. The SMILES string of the molecule is Cc1ccsc1-c1cnc(CNCc2ccc(Cl)cc2Cl)s1. The van der Waals surface area contributed by atoms with Crippen molar-refractivity contribution >= 4 is 45.9 Å². The molecule has 0 fully saturated rings. The van der Waals surface area contributed by atoms with Gasteiger partial charge in [0.25, 0.3) is 0 Å². The number of benzene rings is 1.